The Morgan fingerprint density at radius 1 is 0.919 bits per heavy atom. The normalized spacial score (nSPS) is 11.7. The molecule has 0 spiro atoms. The van der Waals surface area contributed by atoms with Gasteiger partial charge in [0, 0.05) is 43.4 Å². The monoisotopic (exact) mass is 766 g/mol. The lowest BCUT2D eigenvalue weighted by Gasteiger charge is -2.05. The quantitative estimate of drug-likeness (QED) is 0.147. The largest absolute Gasteiger partial charge is 0.382 e. The molecule has 0 aliphatic carbocycles. The van der Waals surface area contributed by atoms with Crippen LogP contribution in [0.15, 0.2) is 46.1 Å². The van der Waals surface area contributed by atoms with Gasteiger partial charge < -0.3 is 5.11 Å². The summed E-state index contributed by atoms with van der Waals surface area (Å²) < 4.78 is 54.5. The van der Waals surface area contributed by atoms with Crippen LogP contribution in [0.4, 0.5) is 17.6 Å². The van der Waals surface area contributed by atoms with Crippen molar-refractivity contribution in [1.29, 1.82) is 0 Å². The molecule has 0 aromatic carbocycles. The van der Waals surface area contributed by atoms with Crippen molar-refractivity contribution in [1.82, 2.24) is 39.1 Å². The average molecular weight is 768 g/mol. The van der Waals surface area contributed by atoms with E-state index < -0.39 is 19.2 Å². The number of aliphatic hydroxyl groups excluding tert-OH is 1. The Labute approximate surface area is 239 Å². The maximum Gasteiger partial charge on any atom is 0.333 e. The van der Waals surface area contributed by atoms with Crippen molar-refractivity contribution in [3.05, 3.63) is 66.6 Å². The minimum absolute atomic E-state index is 0.144. The summed E-state index contributed by atoms with van der Waals surface area (Å²) >= 11 is 8.03. The highest BCUT2D eigenvalue weighted by atomic mass is 127. The van der Waals surface area contributed by atoms with E-state index in [2.05, 4.69) is 52.3 Å². The van der Waals surface area contributed by atoms with E-state index >= 15 is 0 Å². The van der Waals surface area contributed by atoms with Crippen molar-refractivity contribution in [2.45, 2.75) is 46.1 Å². The van der Waals surface area contributed by atoms with Crippen LogP contribution in [0.2, 0.25) is 0 Å². The lowest BCUT2D eigenvalue weighted by Crippen LogP contribution is -2.04. The molecule has 10 nitrogen and oxygen atoms in total. The number of halogens is 7. The van der Waals surface area contributed by atoms with Crippen LogP contribution in [0.25, 0.3) is 0 Å². The van der Waals surface area contributed by atoms with Crippen molar-refractivity contribution < 1.29 is 27.5 Å². The lowest BCUT2D eigenvalue weighted by molar-refractivity contribution is 0.0549. The van der Waals surface area contributed by atoms with Crippen molar-refractivity contribution >= 4 is 60.7 Å². The van der Waals surface area contributed by atoms with Gasteiger partial charge in [0.15, 0.2) is 6.29 Å². The molecular formula is C20H21Br2F4IN8O2. The number of carbonyl (C=O) groups excluding carboxylic acids is 1. The third-order valence-corrected chi connectivity index (χ3v) is 7.15. The van der Waals surface area contributed by atoms with Crippen molar-refractivity contribution in [3.63, 3.8) is 0 Å². The zero-order valence-electron chi connectivity index (χ0n) is 19.3. The second-order valence-electron chi connectivity index (χ2n) is 6.92. The zero-order valence-corrected chi connectivity index (χ0v) is 24.6. The summed E-state index contributed by atoms with van der Waals surface area (Å²) in [6, 6.07) is 0. The number of alkyl halides is 4. The summed E-state index contributed by atoms with van der Waals surface area (Å²) in [5.74, 6) is 0. The predicted octanol–water partition coefficient (Wildman–Crippen LogP) is 5.70. The molecular weight excluding hydrogens is 747 g/mol. The number of aryl methyl sites for hydroxylation is 2. The van der Waals surface area contributed by atoms with Crippen LogP contribution < -0.4 is 0 Å². The first-order valence-corrected chi connectivity index (χ1v) is 13.1. The summed E-state index contributed by atoms with van der Waals surface area (Å²) in [5.41, 5.74) is 1.29. The van der Waals surface area contributed by atoms with E-state index in [1.807, 2.05) is 36.4 Å². The Kier molecular flexibility index (Phi) is 12.4. The van der Waals surface area contributed by atoms with Gasteiger partial charge in [0.2, 0.25) is 0 Å². The summed E-state index contributed by atoms with van der Waals surface area (Å²) in [5, 5.41) is 25.1. The molecule has 4 heterocycles. The minimum atomic E-state index is -2.74. The standard InChI is InChI=1S/C10H11BrF2N4O.C6H8N2O.C4H2BrF2IN2/c1-2-16-4-6(3-14-16)9(18)8-7(11)5-17(15-8)10(12)13;1-2-8-4-6(5-9)3-7-8;5-2-1-10(4(6)7)9-3(2)8/h3-5,9-10,18H,2H2,1H3;3-5H,2H2,1H3;1,4H. The second kappa shape index (κ2) is 14.7. The summed E-state index contributed by atoms with van der Waals surface area (Å²) in [6.07, 6.45) is 8.49. The Bertz CT molecular complexity index is 1260. The number of carbonyl (C=O) groups is 1. The molecule has 4 aromatic heterocycles. The van der Waals surface area contributed by atoms with Gasteiger partial charge in [0.25, 0.3) is 0 Å². The van der Waals surface area contributed by atoms with Crippen LogP contribution in [0.5, 0.6) is 0 Å². The third kappa shape index (κ3) is 8.99. The molecule has 202 valence electrons. The molecule has 0 saturated carbocycles. The van der Waals surface area contributed by atoms with Crippen LogP contribution >= 0.6 is 54.5 Å². The molecule has 1 unspecified atom stereocenters. The smallest absolute Gasteiger partial charge is 0.333 e. The molecule has 1 atom stereocenters. The average Bonchev–Trinajstić information content (AvgIpc) is 3.66. The van der Waals surface area contributed by atoms with E-state index in [1.165, 1.54) is 12.4 Å². The maximum absolute atomic E-state index is 12.5. The van der Waals surface area contributed by atoms with E-state index in [0.717, 1.165) is 19.0 Å². The van der Waals surface area contributed by atoms with Crippen LogP contribution in [-0.4, -0.2) is 50.5 Å². The lowest BCUT2D eigenvalue weighted by atomic mass is 10.1. The van der Waals surface area contributed by atoms with Gasteiger partial charge in [-0.3, -0.25) is 14.2 Å². The number of aldehydes is 1. The predicted molar refractivity (Wildman–Crippen MR) is 140 cm³/mol. The van der Waals surface area contributed by atoms with E-state index in [-0.39, 0.29) is 5.69 Å². The first-order valence-electron chi connectivity index (χ1n) is 10.4. The molecule has 0 aliphatic heterocycles. The van der Waals surface area contributed by atoms with Gasteiger partial charge in [-0.1, -0.05) is 0 Å². The fourth-order valence-corrected chi connectivity index (χ4v) is 3.76. The number of nitrogens with zero attached hydrogens (tertiary/aromatic N) is 8. The molecule has 0 amide bonds. The highest BCUT2D eigenvalue weighted by Crippen LogP contribution is 2.28. The number of rotatable bonds is 7. The van der Waals surface area contributed by atoms with E-state index in [9.17, 15) is 27.5 Å². The van der Waals surface area contributed by atoms with Gasteiger partial charge in [-0.15, -0.1) is 0 Å². The van der Waals surface area contributed by atoms with Crippen LogP contribution in [0, 0.1) is 3.70 Å². The Balaban J connectivity index is 0.000000214. The molecule has 0 fully saturated rings. The summed E-state index contributed by atoms with van der Waals surface area (Å²) in [4.78, 5) is 10.1. The minimum Gasteiger partial charge on any atom is -0.382 e. The first kappa shape index (κ1) is 31.1. The molecule has 0 bridgehead atoms. The highest BCUT2D eigenvalue weighted by Gasteiger charge is 2.21. The molecule has 17 heteroatoms. The second-order valence-corrected chi connectivity index (χ2v) is 9.66. The molecule has 4 aromatic rings. The van der Waals surface area contributed by atoms with Crippen molar-refractivity contribution in [2.24, 2.45) is 0 Å². The molecule has 1 N–H and O–H groups in total. The molecule has 0 saturated heterocycles. The Hall–Kier alpha value is -2.12. The number of aliphatic hydroxyl groups is 1. The fourth-order valence-electron chi connectivity index (χ4n) is 2.58. The van der Waals surface area contributed by atoms with E-state index in [1.54, 1.807) is 28.0 Å². The topological polar surface area (TPSA) is 109 Å². The van der Waals surface area contributed by atoms with Gasteiger partial charge in [-0.25, -0.2) is 9.36 Å². The van der Waals surface area contributed by atoms with Gasteiger partial charge in [-0.2, -0.15) is 38.0 Å². The third-order valence-electron chi connectivity index (χ3n) is 4.42. The number of aromatic nitrogens is 8. The van der Waals surface area contributed by atoms with Gasteiger partial charge in [0.1, 0.15) is 15.5 Å². The number of hydrogen-bond donors (Lipinski definition) is 1. The Morgan fingerprint density at radius 2 is 1.46 bits per heavy atom. The summed E-state index contributed by atoms with van der Waals surface area (Å²) in [7, 11) is 0. The molecule has 0 radical (unpaired) electrons. The molecule has 0 aliphatic rings. The van der Waals surface area contributed by atoms with Gasteiger partial charge in [0.05, 0.1) is 26.9 Å². The summed E-state index contributed by atoms with van der Waals surface area (Å²) in [6.45, 7) is 0.0692. The van der Waals surface area contributed by atoms with E-state index in [0.29, 0.717) is 39.7 Å². The van der Waals surface area contributed by atoms with Crippen molar-refractivity contribution in [2.75, 3.05) is 0 Å². The molecule has 37 heavy (non-hydrogen) atoms. The zero-order chi connectivity index (χ0) is 27.7. The van der Waals surface area contributed by atoms with E-state index in [4.69, 9.17) is 0 Å². The Morgan fingerprint density at radius 3 is 1.84 bits per heavy atom. The first-order chi connectivity index (χ1) is 17.5. The van der Waals surface area contributed by atoms with Crippen LogP contribution in [0.3, 0.4) is 0 Å². The molecule has 4 rings (SSSR count). The van der Waals surface area contributed by atoms with Crippen LogP contribution in [-0.2, 0) is 13.1 Å². The fraction of sp³-hybridized carbons (Fsp3) is 0.350. The number of hydrogen-bond acceptors (Lipinski definition) is 6. The SMILES string of the molecule is CCn1cc(C(O)c2nn(C(F)F)cc2Br)cn1.CCn1cc(C=O)cn1.FC(F)n1cc(Br)c(I)n1. The van der Waals surface area contributed by atoms with Gasteiger partial charge >= 0.3 is 13.1 Å². The maximum atomic E-state index is 12.5. The van der Waals surface area contributed by atoms with Crippen molar-refractivity contribution in [3.8, 4) is 0 Å². The van der Waals surface area contributed by atoms with Crippen LogP contribution in [0.1, 0.15) is 54.7 Å². The highest BCUT2D eigenvalue weighted by molar-refractivity contribution is 14.1. The van der Waals surface area contributed by atoms with Gasteiger partial charge in [-0.05, 0) is 68.3 Å².